The first kappa shape index (κ1) is 16.3. The highest BCUT2D eigenvalue weighted by Gasteiger charge is 2.09. The zero-order valence-electron chi connectivity index (χ0n) is 11.3. The minimum Gasteiger partial charge on any atom is -0.478 e. The van der Waals surface area contributed by atoms with E-state index >= 15 is 0 Å². The SMILES string of the molecule is CC(C)OCCNC(=O)Nc1cc(C(=O)O)ccc1Cl. The molecule has 0 unspecified atom stereocenters. The average molecular weight is 301 g/mol. The first-order chi connectivity index (χ1) is 9.40. The molecule has 6 nitrogen and oxygen atoms in total. The van der Waals surface area contributed by atoms with E-state index in [9.17, 15) is 9.59 Å². The van der Waals surface area contributed by atoms with Gasteiger partial charge in [0.1, 0.15) is 0 Å². The molecule has 0 spiro atoms. The van der Waals surface area contributed by atoms with Crippen LogP contribution in [0.4, 0.5) is 10.5 Å². The number of carboxylic acids is 1. The molecule has 0 aliphatic rings. The molecule has 0 saturated heterocycles. The number of urea groups is 1. The highest BCUT2D eigenvalue weighted by Crippen LogP contribution is 2.22. The van der Waals surface area contributed by atoms with Crippen molar-refractivity contribution in [1.82, 2.24) is 5.32 Å². The summed E-state index contributed by atoms with van der Waals surface area (Å²) >= 11 is 5.89. The van der Waals surface area contributed by atoms with Crippen LogP contribution in [0.3, 0.4) is 0 Å². The summed E-state index contributed by atoms with van der Waals surface area (Å²) in [5, 5.41) is 14.2. The number of ether oxygens (including phenoxy) is 1. The van der Waals surface area contributed by atoms with Crippen molar-refractivity contribution in [3.63, 3.8) is 0 Å². The van der Waals surface area contributed by atoms with Crippen LogP contribution in [0.1, 0.15) is 24.2 Å². The summed E-state index contributed by atoms with van der Waals surface area (Å²) in [6.45, 7) is 4.54. The van der Waals surface area contributed by atoms with E-state index in [4.69, 9.17) is 21.4 Å². The van der Waals surface area contributed by atoms with E-state index in [1.54, 1.807) is 0 Å². The van der Waals surface area contributed by atoms with Crippen molar-refractivity contribution in [3.05, 3.63) is 28.8 Å². The lowest BCUT2D eigenvalue weighted by Gasteiger charge is -2.11. The van der Waals surface area contributed by atoms with Gasteiger partial charge in [-0.05, 0) is 32.0 Å². The Morgan fingerprint density at radius 2 is 2.10 bits per heavy atom. The average Bonchev–Trinajstić information content (AvgIpc) is 2.37. The van der Waals surface area contributed by atoms with Gasteiger partial charge in [0.25, 0.3) is 0 Å². The maximum Gasteiger partial charge on any atom is 0.335 e. The van der Waals surface area contributed by atoms with Crippen LogP contribution < -0.4 is 10.6 Å². The van der Waals surface area contributed by atoms with Crippen molar-refractivity contribution in [2.75, 3.05) is 18.5 Å². The normalized spacial score (nSPS) is 10.4. The quantitative estimate of drug-likeness (QED) is 0.705. The first-order valence-corrected chi connectivity index (χ1v) is 6.47. The number of hydrogen-bond donors (Lipinski definition) is 3. The Bertz CT molecular complexity index is 491. The number of carboxylic acid groups (broad SMARTS) is 1. The maximum absolute atomic E-state index is 11.6. The summed E-state index contributed by atoms with van der Waals surface area (Å²) < 4.78 is 5.27. The Balaban J connectivity index is 2.53. The molecular weight excluding hydrogens is 284 g/mol. The number of halogens is 1. The summed E-state index contributed by atoms with van der Waals surface area (Å²) in [6, 6.07) is 3.61. The predicted octanol–water partition coefficient (Wildman–Crippen LogP) is 2.58. The van der Waals surface area contributed by atoms with E-state index in [-0.39, 0.29) is 22.4 Å². The number of nitrogens with one attached hydrogen (secondary N) is 2. The second kappa shape index (κ2) is 7.72. The summed E-state index contributed by atoms with van der Waals surface area (Å²) in [5.74, 6) is -1.09. The number of rotatable bonds is 6. The third-order valence-corrected chi connectivity index (χ3v) is 2.63. The molecule has 0 aromatic heterocycles. The Labute approximate surface area is 122 Å². The molecule has 1 aromatic rings. The van der Waals surface area contributed by atoms with Gasteiger partial charge in [0.2, 0.25) is 0 Å². The molecule has 7 heteroatoms. The summed E-state index contributed by atoms with van der Waals surface area (Å²) in [7, 11) is 0. The number of anilines is 1. The second-order valence-corrected chi connectivity index (χ2v) is 4.71. The van der Waals surface area contributed by atoms with Gasteiger partial charge in [0, 0.05) is 6.54 Å². The molecule has 1 aromatic carbocycles. The zero-order chi connectivity index (χ0) is 15.1. The molecule has 0 aliphatic carbocycles. The molecule has 0 radical (unpaired) electrons. The lowest BCUT2D eigenvalue weighted by Crippen LogP contribution is -2.32. The van der Waals surface area contributed by atoms with Crippen LogP contribution >= 0.6 is 11.6 Å². The fourth-order valence-electron chi connectivity index (χ4n) is 1.38. The third-order valence-electron chi connectivity index (χ3n) is 2.30. The van der Waals surface area contributed by atoms with Crippen LogP contribution in [-0.4, -0.2) is 36.4 Å². The highest BCUT2D eigenvalue weighted by molar-refractivity contribution is 6.33. The van der Waals surface area contributed by atoms with E-state index < -0.39 is 12.0 Å². The molecule has 3 N–H and O–H groups in total. The minimum absolute atomic E-state index is 0.0489. The lowest BCUT2D eigenvalue weighted by molar-refractivity contribution is 0.0697. The Morgan fingerprint density at radius 1 is 1.40 bits per heavy atom. The summed E-state index contributed by atoms with van der Waals surface area (Å²) in [6.07, 6.45) is 0.0987. The third kappa shape index (κ3) is 5.46. The van der Waals surface area contributed by atoms with Crippen molar-refractivity contribution in [2.24, 2.45) is 0 Å². The first-order valence-electron chi connectivity index (χ1n) is 6.09. The smallest absolute Gasteiger partial charge is 0.335 e. The molecule has 0 aliphatic heterocycles. The number of aromatic carboxylic acids is 1. The van der Waals surface area contributed by atoms with Gasteiger partial charge in [0.15, 0.2) is 0 Å². The van der Waals surface area contributed by atoms with E-state index in [2.05, 4.69) is 10.6 Å². The lowest BCUT2D eigenvalue weighted by atomic mass is 10.2. The molecule has 0 saturated carbocycles. The molecule has 110 valence electrons. The van der Waals surface area contributed by atoms with E-state index in [1.807, 2.05) is 13.8 Å². The van der Waals surface area contributed by atoms with Crippen LogP contribution in [-0.2, 0) is 4.74 Å². The minimum atomic E-state index is -1.09. The van der Waals surface area contributed by atoms with Crippen molar-refractivity contribution in [1.29, 1.82) is 0 Å². The second-order valence-electron chi connectivity index (χ2n) is 4.30. The van der Waals surface area contributed by atoms with Gasteiger partial charge >= 0.3 is 12.0 Å². The van der Waals surface area contributed by atoms with Gasteiger partial charge in [-0.25, -0.2) is 9.59 Å². The number of hydrogen-bond acceptors (Lipinski definition) is 3. The van der Waals surface area contributed by atoms with Crippen molar-refractivity contribution in [3.8, 4) is 0 Å². The standard InChI is InChI=1S/C13H17ClN2O4/c1-8(2)20-6-5-15-13(19)16-11-7-9(12(17)18)3-4-10(11)14/h3-4,7-8H,5-6H2,1-2H3,(H,17,18)(H2,15,16,19). The zero-order valence-corrected chi connectivity index (χ0v) is 12.0. The maximum atomic E-state index is 11.6. The predicted molar refractivity (Wildman–Crippen MR) is 76.5 cm³/mol. The summed E-state index contributed by atoms with van der Waals surface area (Å²) in [5.41, 5.74) is 0.293. The van der Waals surface area contributed by atoms with Crippen LogP contribution in [0.15, 0.2) is 18.2 Å². The molecule has 0 fully saturated rings. The molecule has 1 rings (SSSR count). The van der Waals surface area contributed by atoms with E-state index in [0.29, 0.717) is 13.2 Å². The van der Waals surface area contributed by atoms with Crippen molar-refractivity contribution in [2.45, 2.75) is 20.0 Å². The molecule has 2 amide bonds. The number of amides is 2. The number of carbonyl (C=O) groups excluding carboxylic acids is 1. The molecule has 0 bridgehead atoms. The highest BCUT2D eigenvalue weighted by atomic mass is 35.5. The van der Waals surface area contributed by atoms with Gasteiger partial charge in [-0.3, -0.25) is 0 Å². The van der Waals surface area contributed by atoms with Crippen LogP contribution in [0, 0.1) is 0 Å². The topological polar surface area (TPSA) is 87.7 Å². The largest absolute Gasteiger partial charge is 0.478 e. The molecular formula is C13H17ClN2O4. The fraction of sp³-hybridized carbons (Fsp3) is 0.385. The molecule has 0 heterocycles. The number of carbonyl (C=O) groups is 2. The fourth-order valence-corrected chi connectivity index (χ4v) is 1.54. The Morgan fingerprint density at radius 3 is 2.70 bits per heavy atom. The van der Waals surface area contributed by atoms with E-state index in [1.165, 1.54) is 18.2 Å². The van der Waals surface area contributed by atoms with Gasteiger partial charge in [0.05, 0.1) is 29.0 Å². The van der Waals surface area contributed by atoms with Crippen LogP contribution in [0.2, 0.25) is 5.02 Å². The van der Waals surface area contributed by atoms with Gasteiger partial charge in [-0.15, -0.1) is 0 Å². The van der Waals surface area contributed by atoms with Gasteiger partial charge < -0.3 is 20.5 Å². The summed E-state index contributed by atoms with van der Waals surface area (Å²) in [4.78, 5) is 22.4. The van der Waals surface area contributed by atoms with Gasteiger partial charge in [-0.1, -0.05) is 11.6 Å². The van der Waals surface area contributed by atoms with Crippen LogP contribution in [0.25, 0.3) is 0 Å². The van der Waals surface area contributed by atoms with Crippen LogP contribution in [0.5, 0.6) is 0 Å². The molecule has 0 atom stereocenters. The Kier molecular flexibility index (Phi) is 6.27. The van der Waals surface area contributed by atoms with E-state index in [0.717, 1.165) is 0 Å². The number of benzene rings is 1. The monoisotopic (exact) mass is 300 g/mol. The van der Waals surface area contributed by atoms with Crippen molar-refractivity contribution < 1.29 is 19.4 Å². The van der Waals surface area contributed by atoms with Gasteiger partial charge in [-0.2, -0.15) is 0 Å². The molecule has 20 heavy (non-hydrogen) atoms. The van der Waals surface area contributed by atoms with Crippen molar-refractivity contribution >= 4 is 29.3 Å². The Hall–Kier alpha value is -1.79.